The average Bonchev–Trinajstić information content (AvgIpc) is 3.71. The Hall–Kier alpha value is -4.61. The molecule has 7 rings (SSSR count). The Morgan fingerprint density at radius 3 is 2.16 bits per heavy atom. The number of aromatic nitrogens is 3. The first-order chi connectivity index (χ1) is 22.1. The van der Waals surface area contributed by atoms with E-state index in [0.717, 1.165) is 38.5 Å². The van der Waals surface area contributed by atoms with E-state index in [1.807, 2.05) is 72.8 Å². The summed E-state index contributed by atoms with van der Waals surface area (Å²) in [6.07, 6.45) is 1.25. The third kappa shape index (κ3) is 6.05. The molecule has 2 aliphatic rings. The Morgan fingerprint density at radius 2 is 1.49 bits per heavy atom. The molecule has 5 aromatic rings. The first-order valence-electron chi connectivity index (χ1n) is 14.7. The van der Waals surface area contributed by atoms with E-state index in [1.165, 1.54) is 11.2 Å². The Labute approximate surface area is 264 Å². The first-order valence-corrected chi connectivity index (χ1v) is 15.7. The topological polar surface area (TPSA) is 118 Å². The number of hydrogen-bond acceptors (Lipinski definition) is 8. The van der Waals surface area contributed by atoms with Gasteiger partial charge >= 0.3 is 0 Å². The molecule has 2 amide bonds. The molecule has 0 aliphatic carbocycles. The van der Waals surface area contributed by atoms with Crippen LogP contribution < -0.4 is 0 Å². The number of ether oxygens (including phenoxy) is 2. The van der Waals surface area contributed by atoms with Gasteiger partial charge in [-0.2, -0.15) is 5.10 Å². The van der Waals surface area contributed by atoms with E-state index < -0.39 is 6.29 Å². The van der Waals surface area contributed by atoms with Crippen LogP contribution in [-0.4, -0.2) is 48.9 Å². The van der Waals surface area contributed by atoms with Crippen LogP contribution in [0, 0.1) is 0 Å². The van der Waals surface area contributed by atoms with Crippen LogP contribution >= 0.6 is 11.8 Å². The Balaban J connectivity index is 1.11. The van der Waals surface area contributed by atoms with Crippen molar-refractivity contribution in [2.75, 3.05) is 5.75 Å². The van der Waals surface area contributed by atoms with Gasteiger partial charge in [0.15, 0.2) is 11.4 Å². The minimum Gasteiger partial charge on any atom is -0.392 e. The molecule has 3 atom stereocenters. The molecule has 0 radical (unpaired) electrons. The van der Waals surface area contributed by atoms with Gasteiger partial charge in [0.25, 0.3) is 11.8 Å². The molecule has 45 heavy (non-hydrogen) atoms. The number of H-pyrrole nitrogens is 1. The van der Waals surface area contributed by atoms with Crippen LogP contribution in [0.3, 0.4) is 0 Å². The summed E-state index contributed by atoms with van der Waals surface area (Å²) in [6, 6.07) is 30.6. The Morgan fingerprint density at radius 1 is 0.822 bits per heavy atom. The molecule has 4 aromatic carbocycles. The molecule has 1 fully saturated rings. The van der Waals surface area contributed by atoms with Gasteiger partial charge in [-0.25, -0.2) is 4.98 Å². The van der Waals surface area contributed by atoms with Crippen molar-refractivity contribution in [1.82, 2.24) is 20.1 Å². The maximum atomic E-state index is 13.0. The van der Waals surface area contributed by atoms with Gasteiger partial charge in [0.05, 0.1) is 36.5 Å². The molecule has 0 bridgehead atoms. The van der Waals surface area contributed by atoms with Crippen molar-refractivity contribution >= 4 is 23.6 Å². The van der Waals surface area contributed by atoms with E-state index in [0.29, 0.717) is 23.3 Å². The molecule has 1 saturated heterocycles. The molecule has 10 heteroatoms. The summed E-state index contributed by atoms with van der Waals surface area (Å²) in [5, 5.41) is 17.0. The van der Waals surface area contributed by atoms with E-state index in [1.54, 1.807) is 36.0 Å². The number of aliphatic hydroxyl groups is 1. The molecular formula is C35H30N4O5S. The van der Waals surface area contributed by atoms with Crippen molar-refractivity contribution in [3.8, 4) is 11.1 Å². The quantitative estimate of drug-likeness (QED) is 0.150. The number of carbonyl (C=O) groups excluding carboxylic acids is 2. The maximum Gasteiger partial charge on any atom is 0.261 e. The van der Waals surface area contributed by atoms with Crippen molar-refractivity contribution in [3.63, 3.8) is 0 Å². The van der Waals surface area contributed by atoms with Gasteiger partial charge in [0.2, 0.25) is 0 Å². The molecule has 9 nitrogen and oxygen atoms in total. The summed E-state index contributed by atoms with van der Waals surface area (Å²) in [5.41, 5.74) is 6.40. The van der Waals surface area contributed by atoms with Crippen LogP contribution in [-0.2, 0) is 22.6 Å². The lowest BCUT2D eigenvalue weighted by Gasteiger charge is -2.36. The highest BCUT2D eigenvalue weighted by Gasteiger charge is 2.36. The second kappa shape index (κ2) is 12.8. The number of rotatable bonds is 9. The van der Waals surface area contributed by atoms with Gasteiger partial charge in [-0.05, 0) is 39.9 Å². The van der Waals surface area contributed by atoms with Gasteiger partial charge in [-0.15, -0.1) is 0 Å². The molecular weight excluding hydrogens is 588 g/mol. The molecule has 0 saturated carbocycles. The number of nitrogens with one attached hydrogen (secondary N) is 1. The lowest BCUT2D eigenvalue weighted by Crippen LogP contribution is -2.31. The third-order valence-corrected chi connectivity index (χ3v) is 9.14. The van der Waals surface area contributed by atoms with Crippen LogP contribution in [0.4, 0.5) is 0 Å². The number of imide groups is 1. The van der Waals surface area contributed by atoms with Crippen LogP contribution in [0.2, 0.25) is 0 Å². The lowest BCUT2D eigenvalue weighted by atomic mass is 9.97. The Kier molecular flexibility index (Phi) is 8.27. The number of hydrogen-bond donors (Lipinski definition) is 2. The number of aliphatic hydroxyl groups excluding tert-OH is 1. The molecule has 2 aliphatic heterocycles. The summed E-state index contributed by atoms with van der Waals surface area (Å²) >= 11 is 1.55. The second-order valence-electron chi connectivity index (χ2n) is 11.0. The molecule has 2 N–H and O–H groups in total. The summed E-state index contributed by atoms with van der Waals surface area (Å²) in [4.78, 5) is 31.6. The lowest BCUT2D eigenvalue weighted by molar-refractivity contribution is -0.245. The predicted octanol–water partition coefficient (Wildman–Crippen LogP) is 6.10. The highest BCUT2D eigenvalue weighted by Crippen LogP contribution is 2.40. The summed E-state index contributed by atoms with van der Waals surface area (Å²) in [5.74, 6) is 0.122. The van der Waals surface area contributed by atoms with Gasteiger partial charge < -0.3 is 14.6 Å². The summed E-state index contributed by atoms with van der Waals surface area (Å²) < 4.78 is 13.0. The molecule has 226 valence electrons. The number of fused-ring (bicyclic) bond motifs is 1. The van der Waals surface area contributed by atoms with E-state index in [9.17, 15) is 14.7 Å². The highest BCUT2D eigenvalue weighted by molar-refractivity contribution is 7.99. The summed E-state index contributed by atoms with van der Waals surface area (Å²) in [6.45, 7) is 0.169. The van der Waals surface area contributed by atoms with Gasteiger partial charge in [-0.1, -0.05) is 96.7 Å². The first kappa shape index (κ1) is 29.1. The number of amides is 2. The van der Waals surface area contributed by atoms with Crippen molar-refractivity contribution in [2.45, 2.75) is 43.2 Å². The monoisotopic (exact) mass is 618 g/mol. The maximum absolute atomic E-state index is 13.0. The zero-order valence-electron chi connectivity index (χ0n) is 24.2. The van der Waals surface area contributed by atoms with Crippen molar-refractivity contribution in [3.05, 3.63) is 137 Å². The number of thioether (sulfide) groups is 1. The number of benzene rings is 4. The van der Waals surface area contributed by atoms with Gasteiger partial charge in [0, 0.05) is 17.7 Å². The largest absolute Gasteiger partial charge is 0.392 e. The smallest absolute Gasteiger partial charge is 0.261 e. The second-order valence-corrected chi connectivity index (χ2v) is 12.0. The third-order valence-electron chi connectivity index (χ3n) is 8.13. The van der Waals surface area contributed by atoms with Crippen LogP contribution in [0.15, 0.2) is 109 Å². The Bertz CT molecular complexity index is 1780. The fourth-order valence-corrected chi connectivity index (χ4v) is 6.57. The normalized spacial score (nSPS) is 19.6. The van der Waals surface area contributed by atoms with E-state index in [-0.39, 0.29) is 37.2 Å². The zero-order valence-corrected chi connectivity index (χ0v) is 25.0. The van der Waals surface area contributed by atoms with E-state index in [4.69, 9.17) is 9.47 Å². The van der Waals surface area contributed by atoms with Crippen molar-refractivity contribution in [2.24, 2.45) is 0 Å². The predicted molar refractivity (Wildman–Crippen MR) is 168 cm³/mol. The van der Waals surface area contributed by atoms with E-state index >= 15 is 0 Å². The van der Waals surface area contributed by atoms with Crippen molar-refractivity contribution in [1.29, 1.82) is 0 Å². The minimum absolute atomic E-state index is 0.0121. The zero-order chi connectivity index (χ0) is 30.8. The molecule has 3 unspecified atom stereocenters. The standard InChI is InChI=1S/C35H30N4O5S/c40-19-22-9-11-24(12-10-22)31-17-27(20-45-35-36-21-37-38-35)43-34(44-31)25-15-13-23(14-16-25)28-6-2-1-5-26(28)18-39-32(41)29-7-3-4-8-30(29)33(39)42/h1-16,21,27,31,34,40H,17-20H2,(H,36,37,38). The highest BCUT2D eigenvalue weighted by atomic mass is 32.2. The fourth-order valence-electron chi connectivity index (χ4n) is 5.77. The van der Waals surface area contributed by atoms with Gasteiger partial charge in [0.1, 0.15) is 6.33 Å². The van der Waals surface area contributed by atoms with Crippen molar-refractivity contribution < 1.29 is 24.2 Å². The molecule has 3 heterocycles. The fraction of sp³-hybridized carbons (Fsp3) is 0.200. The summed E-state index contributed by atoms with van der Waals surface area (Å²) in [7, 11) is 0. The number of nitrogens with zero attached hydrogens (tertiary/aromatic N) is 3. The van der Waals surface area contributed by atoms with Crippen LogP contribution in [0.1, 0.15) is 61.8 Å². The van der Waals surface area contributed by atoms with Gasteiger partial charge in [-0.3, -0.25) is 19.6 Å². The average molecular weight is 619 g/mol. The SMILES string of the molecule is O=C1c2ccccc2C(=O)N1Cc1ccccc1-c1ccc(C2OC(CSc3ncn[nH]3)CC(c3ccc(CO)cc3)O2)cc1. The van der Waals surface area contributed by atoms with E-state index in [2.05, 4.69) is 15.2 Å². The molecule has 0 spiro atoms. The minimum atomic E-state index is -0.593. The molecule has 1 aromatic heterocycles. The number of carbonyl (C=O) groups is 2. The van der Waals surface area contributed by atoms with Crippen LogP contribution in [0.25, 0.3) is 11.1 Å². The van der Waals surface area contributed by atoms with Crippen LogP contribution in [0.5, 0.6) is 0 Å². The number of aromatic amines is 1.